The first-order chi connectivity index (χ1) is 13.4. The summed E-state index contributed by atoms with van der Waals surface area (Å²) in [5.41, 5.74) is -3.29. The van der Waals surface area contributed by atoms with Crippen molar-refractivity contribution in [2.75, 3.05) is 14.2 Å². The molecule has 1 rings (SSSR count). The largest absolute Gasteiger partial charge is 0.491 e. The van der Waals surface area contributed by atoms with Crippen LogP contribution in [-0.2, 0) is 20.7 Å². The molecule has 1 amide bonds. The summed E-state index contributed by atoms with van der Waals surface area (Å²) in [6, 6.07) is 1.28. The average molecular weight is 541 g/mol. The Bertz CT molecular complexity index is 817. The van der Waals surface area contributed by atoms with E-state index in [0.29, 0.717) is 0 Å². The van der Waals surface area contributed by atoms with Crippen molar-refractivity contribution < 1.29 is 32.6 Å². The Morgan fingerprint density at radius 3 is 1.93 bits per heavy atom. The lowest BCUT2D eigenvalue weighted by molar-refractivity contribution is -0.167. The van der Waals surface area contributed by atoms with E-state index in [1.165, 1.54) is 20.0 Å². The molecule has 0 fully saturated rings. The van der Waals surface area contributed by atoms with Crippen molar-refractivity contribution in [1.29, 1.82) is 0 Å². The summed E-state index contributed by atoms with van der Waals surface area (Å²) < 4.78 is 45.0. The minimum Gasteiger partial charge on any atom is -0.491 e. The molecule has 0 aliphatic carbocycles. The van der Waals surface area contributed by atoms with Crippen LogP contribution in [0.2, 0.25) is 0 Å². The monoisotopic (exact) mass is 541 g/mol. The predicted molar refractivity (Wildman–Crippen MR) is 118 cm³/mol. The molecule has 0 N–H and O–H groups in total. The van der Waals surface area contributed by atoms with Gasteiger partial charge in [-0.3, -0.25) is 4.90 Å². The fourth-order valence-corrected chi connectivity index (χ4v) is 3.18. The molecule has 0 radical (unpaired) electrons. The van der Waals surface area contributed by atoms with Crippen LogP contribution in [0.3, 0.4) is 0 Å². The highest BCUT2D eigenvalue weighted by molar-refractivity contribution is 14.1. The van der Waals surface area contributed by atoms with E-state index in [-0.39, 0.29) is 15.6 Å². The number of benzene rings is 1. The molecular formula is C21H30F2INO5. The molecule has 1 aromatic rings. The van der Waals surface area contributed by atoms with Gasteiger partial charge in [0.25, 0.3) is 0 Å². The highest BCUT2D eigenvalue weighted by Gasteiger charge is 2.45. The number of likely N-dealkylation sites (N-methyl/N-ethyl adjacent to an activating group) is 1. The molecule has 170 valence electrons. The van der Waals surface area contributed by atoms with Crippen LogP contribution in [0.4, 0.5) is 13.6 Å². The molecular weight excluding hydrogens is 511 g/mol. The van der Waals surface area contributed by atoms with Crippen molar-refractivity contribution in [3.63, 3.8) is 0 Å². The molecule has 0 aliphatic heterocycles. The molecule has 1 unspecified atom stereocenters. The molecule has 0 saturated carbocycles. The minimum absolute atomic E-state index is 0.00131. The SMILES string of the molecule is COc1c(F)c(I)cc(CC(C)(C(=O)OC(C)(C)C)N(C)C(=O)OC(C)(C)C)c1F. The minimum atomic E-state index is -1.64. The van der Waals surface area contributed by atoms with Crippen LogP contribution < -0.4 is 4.74 Å². The molecule has 30 heavy (non-hydrogen) atoms. The summed E-state index contributed by atoms with van der Waals surface area (Å²) in [7, 11) is 2.53. The van der Waals surface area contributed by atoms with Gasteiger partial charge in [0.1, 0.15) is 16.7 Å². The lowest BCUT2D eigenvalue weighted by Gasteiger charge is -2.39. The number of amides is 1. The number of rotatable bonds is 5. The molecule has 0 bridgehead atoms. The maximum atomic E-state index is 14.9. The topological polar surface area (TPSA) is 65.1 Å². The van der Waals surface area contributed by atoms with Crippen molar-refractivity contribution in [3.8, 4) is 5.75 Å². The van der Waals surface area contributed by atoms with Gasteiger partial charge in [0.2, 0.25) is 0 Å². The second-order valence-corrected chi connectivity index (χ2v) is 10.3. The average Bonchev–Trinajstić information content (AvgIpc) is 2.56. The number of hydrogen-bond acceptors (Lipinski definition) is 5. The Morgan fingerprint density at radius 1 is 1.00 bits per heavy atom. The molecule has 0 aliphatic rings. The van der Waals surface area contributed by atoms with Gasteiger partial charge in [-0.15, -0.1) is 0 Å². The van der Waals surface area contributed by atoms with E-state index in [0.717, 1.165) is 12.0 Å². The first-order valence-corrected chi connectivity index (χ1v) is 10.4. The number of carbonyl (C=O) groups excluding carboxylic acids is 2. The van der Waals surface area contributed by atoms with Crippen molar-refractivity contribution in [3.05, 3.63) is 26.8 Å². The van der Waals surface area contributed by atoms with Gasteiger partial charge < -0.3 is 14.2 Å². The summed E-state index contributed by atoms with van der Waals surface area (Å²) in [5.74, 6) is -3.08. The molecule has 1 atom stereocenters. The summed E-state index contributed by atoms with van der Waals surface area (Å²) in [6.45, 7) is 11.6. The van der Waals surface area contributed by atoms with Gasteiger partial charge in [-0.2, -0.15) is 0 Å². The third-order valence-corrected chi connectivity index (χ3v) is 4.96. The molecule has 6 nitrogen and oxygen atoms in total. The molecule has 0 heterocycles. The normalized spacial score (nSPS) is 14.0. The Morgan fingerprint density at radius 2 is 1.50 bits per heavy atom. The van der Waals surface area contributed by atoms with Crippen LogP contribution in [-0.4, -0.2) is 47.9 Å². The summed E-state index contributed by atoms with van der Waals surface area (Å²) in [5, 5.41) is 0. The van der Waals surface area contributed by atoms with Crippen molar-refractivity contribution >= 4 is 34.7 Å². The number of ether oxygens (including phenoxy) is 3. The number of nitrogens with zero attached hydrogens (tertiary/aromatic N) is 1. The standard InChI is InChI=1S/C21H30F2INO5/c1-19(2,3)29-17(26)21(7,25(8)18(27)30-20(4,5)6)11-12-10-13(24)15(23)16(28-9)14(12)22/h10H,11H2,1-9H3. The van der Waals surface area contributed by atoms with Crippen LogP contribution in [0.5, 0.6) is 5.75 Å². The number of esters is 1. The van der Waals surface area contributed by atoms with Crippen LogP contribution in [0.1, 0.15) is 54.0 Å². The van der Waals surface area contributed by atoms with Crippen LogP contribution in [0.15, 0.2) is 6.07 Å². The molecule has 0 saturated heterocycles. The van der Waals surface area contributed by atoms with Crippen molar-refractivity contribution in [2.45, 2.75) is 71.6 Å². The Labute approximate surface area is 190 Å². The lowest BCUT2D eigenvalue weighted by Crippen LogP contribution is -2.57. The van der Waals surface area contributed by atoms with Crippen molar-refractivity contribution in [2.24, 2.45) is 0 Å². The van der Waals surface area contributed by atoms with E-state index < -0.39 is 46.2 Å². The van der Waals surface area contributed by atoms with E-state index in [9.17, 15) is 18.4 Å². The third kappa shape index (κ3) is 6.42. The zero-order chi connectivity index (χ0) is 23.7. The van der Waals surface area contributed by atoms with Gasteiger partial charge in [0.15, 0.2) is 17.4 Å². The summed E-state index contributed by atoms with van der Waals surface area (Å²) >= 11 is 1.71. The number of methoxy groups -OCH3 is 1. The zero-order valence-corrected chi connectivity index (χ0v) is 21.1. The number of carbonyl (C=O) groups is 2. The third-order valence-electron chi connectivity index (χ3n) is 4.18. The number of halogens is 3. The number of hydrogen-bond donors (Lipinski definition) is 0. The van der Waals surface area contributed by atoms with Crippen molar-refractivity contribution in [1.82, 2.24) is 4.90 Å². The fraction of sp³-hybridized carbons (Fsp3) is 0.619. The smallest absolute Gasteiger partial charge is 0.410 e. The van der Waals surface area contributed by atoms with E-state index in [2.05, 4.69) is 0 Å². The zero-order valence-electron chi connectivity index (χ0n) is 18.9. The van der Waals surface area contributed by atoms with Gasteiger partial charge in [-0.25, -0.2) is 18.4 Å². The van der Waals surface area contributed by atoms with Gasteiger partial charge in [-0.1, -0.05) is 0 Å². The molecule has 1 aromatic carbocycles. The second-order valence-electron chi connectivity index (χ2n) is 9.17. The lowest BCUT2D eigenvalue weighted by atomic mass is 9.90. The van der Waals surface area contributed by atoms with E-state index in [4.69, 9.17) is 14.2 Å². The van der Waals surface area contributed by atoms with Gasteiger partial charge in [0.05, 0.1) is 10.7 Å². The van der Waals surface area contributed by atoms with E-state index in [1.54, 1.807) is 64.1 Å². The van der Waals surface area contributed by atoms with Crippen LogP contribution in [0.25, 0.3) is 0 Å². The van der Waals surface area contributed by atoms with E-state index >= 15 is 0 Å². The quantitative estimate of drug-likeness (QED) is 0.296. The fourth-order valence-electron chi connectivity index (χ4n) is 2.56. The first-order valence-electron chi connectivity index (χ1n) is 9.33. The maximum Gasteiger partial charge on any atom is 0.410 e. The van der Waals surface area contributed by atoms with E-state index in [1.807, 2.05) is 0 Å². The molecule has 9 heteroatoms. The maximum absolute atomic E-state index is 14.9. The highest BCUT2D eigenvalue weighted by atomic mass is 127. The first kappa shape index (κ1) is 26.4. The summed E-state index contributed by atoms with van der Waals surface area (Å²) in [4.78, 5) is 26.9. The summed E-state index contributed by atoms with van der Waals surface area (Å²) in [6.07, 6.45) is -1.06. The van der Waals surface area contributed by atoms with Gasteiger partial charge >= 0.3 is 12.1 Å². The van der Waals surface area contributed by atoms with Gasteiger partial charge in [-0.05, 0) is 82.7 Å². The Hall–Kier alpha value is -1.65. The highest BCUT2D eigenvalue weighted by Crippen LogP contribution is 2.33. The van der Waals surface area contributed by atoms with Crippen LogP contribution >= 0.6 is 22.6 Å². The molecule has 0 spiro atoms. The van der Waals surface area contributed by atoms with Crippen LogP contribution in [0, 0.1) is 15.2 Å². The van der Waals surface area contributed by atoms with Gasteiger partial charge in [0, 0.05) is 13.5 Å². The Kier molecular flexibility index (Phi) is 8.12. The Balaban J connectivity index is 3.51. The second kappa shape index (κ2) is 9.23. The molecule has 0 aromatic heterocycles. The predicted octanol–water partition coefficient (Wildman–Crippen LogP) is 5.09.